The first-order valence-corrected chi connectivity index (χ1v) is 9.40. The van der Waals surface area contributed by atoms with E-state index in [1.807, 2.05) is 48.5 Å². The normalized spacial score (nSPS) is 10.8. The van der Waals surface area contributed by atoms with Crippen LogP contribution >= 0.6 is 45.2 Å². The highest BCUT2D eigenvalue weighted by Crippen LogP contribution is 2.30. The fourth-order valence-electron chi connectivity index (χ4n) is 2.19. The van der Waals surface area contributed by atoms with E-state index in [4.69, 9.17) is 4.63 Å². The molecule has 0 radical (unpaired) electrons. The zero-order chi connectivity index (χ0) is 17.2. The van der Waals surface area contributed by atoms with Crippen molar-refractivity contribution in [2.45, 2.75) is 0 Å². The largest absolute Gasteiger partial charge is 0.336 e. The number of aromatic nitrogens is 4. The first-order chi connectivity index (χ1) is 12.2. The predicted molar refractivity (Wildman–Crippen MR) is 112 cm³/mol. The lowest BCUT2D eigenvalue weighted by atomic mass is 10.3. The first-order valence-electron chi connectivity index (χ1n) is 7.24. The van der Waals surface area contributed by atoms with Crippen molar-refractivity contribution in [2.24, 2.45) is 0 Å². The molecule has 9 heteroatoms. The van der Waals surface area contributed by atoms with Gasteiger partial charge in [0, 0.05) is 7.14 Å². The molecule has 2 aromatic carbocycles. The summed E-state index contributed by atoms with van der Waals surface area (Å²) >= 11 is 4.53. The fraction of sp³-hybridized carbons (Fsp3) is 0. The van der Waals surface area contributed by atoms with Crippen molar-refractivity contribution in [3.63, 3.8) is 0 Å². The molecule has 25 heavy (non-hydrogen) atoms. The van der Waals surface area contributed by atoms with Gasteiger partial charge in [-0.2, -0.15) is 0 Å². The van der Waals surface area contributed by atoms with Gasteiger partial charge in [-0.3, -0.25) is 0 Å². The van der Waals surface area contributed by atoms with Crippen LogP contribution in [0.2, 0.25) is 0 Å². The Morgan fingerprint density at radius 3 is 1.56 bits per heavy atom. The molecule has 0 fully saturated rings. The SMILES string of the molecule is Ic1ccccc1Nc1nc2nonc2nc1Nc1ccccc1I. The molecule has 0 bridgehead atoms. The number of anilines is 4. The Labute approximate surface area is 169 Å². The minimum absolute atomic E-state index is 0.349. The average molecular weight is 556 g/mol. The Bertz CT molecular complexity index is 970. The summed E-state index contributed by atoms with van der Waals surface area (Å²) in [5, 5.41) is 14.2. The number of hydrogen-bond donors (Lipinski definition) is 2. The van der Waals surface area contributed by atoms with E-state index in [9.17, 15) is 0 Å². The van der Waals surface area contributed by atoms with Gasteiger partial charge < -0.3 is 10.6 Å². The zero-order valence-electron chi connectivity index (χ0n) is 12.6. The number of benzene rings is 2. The lowest BCUT2D eigenvalue weighted by molar-refractivity contribution is 0.314. The van der Waals surface area contributed by atoms with Crippen molar-refractivity contribution in [2.75, 3.05) is 10.6 Å². The van der Waals surface area contributed by atoms with Crippen molar-refractivity contribution in [1.29, 1.82) is 0 Å². The molecule has 124 valence electrons. The lowest BCUT2D eigenvalue weighted by Crippen LogP contribution is -2.04. The van der Waals surface area contributed by atoms with Crippen molar-refractivity contribution < 1.29 is 4.63 Å². The molecule has 4 rings (SSSR count). The molecule has 0 saturated carbocycles. The Morgan fingerprint density at radius 2 is 1.12 bits per heavy atom. The van der Waals surface area contributed by atoms with Crippen molar-refractivity contribution >= 4 is 79.5 Å². The van der Waals surface area contributed by atoms with E-state index in [0.29, 0.717) is 22.9 Å². The predicted octanol–water partition coefficient (Wildman–Crippen LogP) is 4.71. The minimum atomic E-state index is 0.349. The molecule has 0 atom stereocenters. The molecule has 2 N–H and O–H groups in total. The van der Waals surface area contributed by atoms with Gasteiger partial charge in [0.25, 0.3) is 0 Å². The molecule has 7 nitrogen and oxygen atoms in total. The lowest BCUT2D eigenvalue weighted by Gasteiger charge is -2.13. The molecule has 0 aliphatic heterocycles. The smallest absolute Gasteiger partial charge is 0.245 e. The molecule has 0 spiro atoms. The summed E-state index contributed by atoms with van der Waals surface area (Å²) in [5.41, 5.74) is 2.56. The summed E-state index contributed by atoms with van der Waals surface area (Å²) in [5.74, 6) is 1.10. The molecule has 0 unspecified atom stereocenters. The summed E-state index contributed by atoms with van der Waals surface area (Å²) in [6, 6.07) is 15.9. The number of nitrogens with zero attached hydrogens (tertiary/aromatic N) is 4. The number of rotatable bonds is 4. The number of nitrogens with one attached hydrogen (secondary N) is 2. The Balaban J connectivity index is 1.78. The van der Waals surface area contributed by atoms with Gasteiger partial charge in [0.1, 0.15) is 0 Å². The molecule has 0 saturated heterocycles. The second-order valence-corrected chi connectivity index (χ2v) is 7.37. The molecule has 0 aliphatic carbocycles. The van der Waals surface area contributed by atoms with Gasteiger partial charge in [-0.05, 0) is 79.8 Å². The number of halogens is 2. The number of fused-ring (bicyclic) bond motifs is 1. The molecule has 2 aromatic heterocycles. The van der Waals surface area contributed by atoms with E-state index in [1.165, 1.54) is 0 Å². The number of hydrogen-bond acceptors (Lipinski definition) is 7. The van der Waals surface area contributed by atoms with E-state index in [2.05, 4.69) is 76.1 Å². The molecule has 0 amide bonds. The maximum atomic E-state index is 4.74. The van der Waals surface area contributed by atoms with Crippen molar-refractivity contribution in [3.05, 3.63) is 55.7 Å². The number of para-hydroxylation sites is 2. The fourth-order valence-corrected chi connectivity index (χ4v) is 3.24. The third-order valence-corrected chi connectivity index (χ3v) is 5.25. The molecule has 0 aliphatic rings. The van der Waals surface area contributed by atoms with Gasteiger partial charge >= 0.3 is 0 Å². The molecular formula is C16H10I2N6O. The Kier molecular flexibility index (Phi) is 4.65. The third kappa shape index (κ3) is 3.51. The Hall–Kier alpha value is -2.02. The van der Waals surface area contributed by atoms with Crippen LogP contribution in [0.3, 0.4) is 0 Å². The van der Waals surface area contributed by atoms with Crippen LogP contribution in [0.25, 0.3) is 11.3 Å². The second kappa shape index (κ2) is 7.07. The summed E-state index contributed by atoms with van der Waals surface area (Å²) < 4.78 is 6.88. The maximum Gasteiger partial charge on any atom is 0.245 e. The summed E-state index contributed by atoms with van der Waals surface area (Å²) in [7, 11) is 0. The van der Waals surface area contributed by atoms with Crippen LogP contribution in [-0.2, 0) is 0 Å². The summed E-state index contributed by atoms with van der Waals surface area (Å²) in [4.78, 5) is 8.98. The second-order valence-electron chi connectivity index (χ2n) is 5.04. The van der Waals surface area contributed by atoms with E-state index >= 15 is 0 Å². The van der Waals surface area contributed by atoms with Gasteiger partial charge in [0.2, 0.25) is 11.3 Å². The highest BCUT2D eigenvalue weighted by Gasteiger charge is 2.15. The monoisotopic (exact) mass is 556 g/mol. The van der Waals surface area contributed by atoms with E-state index in [-0.39, 0.29) is 0 Å². The van der Waals surface area contributed by atoms with Crippen LogP contribution in [0.5, 0.6) is 0 Å². The van der Waals surface area contributed by atoms with E-state index in [1.54, 1.807) is 0 Å². The topological polar surface area (TPSA) is 88.8 Å². The van der Waals surface area contributed by atoms with Gasteiger partial charge in [-0.1, -0.05) is 24.3 Å². The van der Waals surface area contributed by atoms with E-state index in [0.717, 1.165) is 18.5 Å². The summed E-state index contributed by atoms with van der Waals surface area (Å²) in [6.07, 6.45) is 0. The first kappa shape index (κ1) is 16.4. The minimum Gasteiger partial charge on any atom is -0.336 e. The van der Waals surface area contributed by atoms with Crippen LogP contribution in [0, 0.1) is 7.14 Å². The van der Waals surface area contributed by atoms with Gasteiger partial charge in [0.05, 0.1) is 11.4 Å². The van der Waals surface area contributed by atoms with Crippen LogP contribution in [-0.4, -0.2) is 20.3 Å². The molecule has 4 aromatic rings. The average Bonchev–Trinajstić information content (AvgIpc) is 3.06. The van der Waals surface area contributed by atoms with Crippen LogP contribution in [0.4, 0.5) is 23.0 Å². The third-order valence-electron chi connectivity index (χ3n) is 3.37. The highest BCUT2D eigenvalue weighted by atomic mass is 127. The highest BCUT2D eigenvalue weighted by molar-refractivity contribution is 14.1. The van der Waals surface area contributed by atoms with Gasteiger partial charge in [0.15, 0.2) is 11.6 Å². The van der Waals surface area contributed by atoms with Crippen LogP contribution in [0.1, 0.15) is 0 Å². The zero-order valence-corrected chi connectivity index (χ0v) is 16.9. The van der Waals surface area contributed by atoms with Gasteiger partial charge in [-0.25, -0.2) is 14.6 Å². The molecule has 2 heterocycles. The van der Waals surface area contributed by atoms with Gasteiger partial charge in [-0.15, -0.1) is 0 Å². The van der Waals surface area contributed by atoms with Crippen molar-refractivity contribution in [1.82, 2.24) is 20.3 Å². The maximum absolute atomic E-state index is 4.74. The van der Waals surface area contributed by atoms with Crippen LogP contribution < -0.4 is 10.6 Å². The van der Waals surface area contributed by atoms with E-state index < -0.39 is 0 Å². The van der Waals surface area contributed by atoms with Crippen LogP contribution in [0.15, 0.2) is 53.2 Å². The quantitative estimate of drug-likeness (QED) is 0.353. The van der Waals surface area contributed by atoms with Crippen molar-refractivity contribution in [3.8, 4) is 0 Å². The molecular weight excluding hydrogens is 546 g/mol. The Morgan fingerprint density at radius 1 is 0.680 bits per heavy atom. The standard InChI is InChI=1S/C16H10I2N6O/c17-9-5-1-3-7-11(9)19-13-14(20-12-8-4-2-6-10(12)18)22-16-15(21-13)23-25-24-16/h1-8H,(H,19,21,23)(H,20,22,24). The summed E-state index contributed by atoms with van der Waals surface area (Å²) in [6.45, 7) is 0.